The molecule has 1 aromatic heterocycles. The van der Waals surface area contributed by atoms with Gasteiger partial charge in [0, 0.05) is 30.2 Å². The third-order valence-electron chi connectivity index (χ3n) is 7.03. The number of nitrogens with two attached hydrogens (primary N) is 3. The average molecular weight is 541 g/mol. The molecule has 4 aromatic rings. The standard InChI is InChI=1S/C31H36N6O3/c1-40-24-14-15-26-25(19-24)23(20-36-26)16-18-37(27(29(32)38)13-8-17-35-31(33)34)30(39)28(21-9-4-2-5-10-21)22-11-6-3-7-12-22/h2-7,9-12,14-15,19-20,27-28,36H,8,13,16-18H2,1H3,(H2,32,38)(H4,33,34,35)/t27-/m0/s1. The van der Waals surface area contributed by atoms with E-state index < -0.39 is 17.9 Å². The number of rotatable bonds is 13. The Balaban J connectivity index is 1.70. The second kappa shape index (κ2) is 13.3. The molecule has 1 atom stereocenters. The molecule has 0 saturated carbocycles. The van der Waals surface area contributed by atoms with Gasteiger partial charge in [0.25, 0.3) is 0 Å². The Morgan fingerprint density at radius 3 is 2.17 bits per heavy atom. The molecule has 0 radical (unpaired) electrons. The molecule has 0 aliphatic rings. The van der Waals surface area contributed by atoms with E-state index in [4.69, 9.17) is 21.9 Å². The molecule has 0 bridgehead atoms. The van der Waals surface area contributed by atoms with Gasteiger partial charge in [-0.25, -0.2) is 0 Å². The molecule has 3 aromatic carbocycles. The third-order valence-corrected chi connectivity index (χ3v) is 7.03. The van der Waals surface area contributed by atoms with Crippen LogP contribution in [-0.2, 0) is 16.0 Å². The fraction of sp³-hybridized carbons (Fsp3) is 0.258. The maximum absolute atomic E-state index is 14.5. The topological polar surface area (TPSA) is 153 Å². The molecule has 9 nitrogen and oxygen atoms in total. The Morgan fingerprint density at radius 1 is 0.950 bits per heavy atom. The lowest BCUT2D eigenvalue weighted by Gasteiger charge is -2.33. The van der Waals surface area contributed by atoms with Crippen LogP contribution in [0.1, 0.15) is 35.4 Å². The number of aromatic nitrogens is 1. The Kier molecular flexibility index (Phi) is 9.40. The number of aromatic amines is 1. The molecule has 0 aliphatic heterocycles. The number of amides is 2. The summed E-state index contributed by atoms with van der Waals surface area (Å²) in [5, 5.41) is 0.998. The second-order valence-electron chi connectivity index (χ2n) is 9.63. The average Bonchev–Trinajstić information content (AvgIpc) is 3.37. The lowest BCUT2D eigenvalue weighted by atomic mass is 9.89. The van der Waals surface area contributed by atoms with E-state index in [-0.39, 0.29) is 18.4 Å². The molecule has 1 heterocycles. The monoisotopic (exact) mass is 540 g/mol. The number of nitrogens with one attached hydrogen (secondary N) is 1. The van der Waals surface area contributed by atoms with Crippen LogP contribution in [0, 0.1) is 0 Å². The van der Waals surface area contributed by atoms with Crippen LogP contribution < -0.4 is 21.9 Å². The van der Waals surface area contributed by atoms with Crippen molar-refractivity contribution >= 4 is 28.7 Å². The van der Waals surface area contributed by atoms with Crippen molar-refractivity contribution in [1.82, 2.24) is 9.88 Å². The predicted octanol–water partition coefficient (Wildman–Crippen LogP) is 3.29. The number of ether oxygens (including phenoxy) is 1. The van der Waals surface area contributed by atoms with Crippen LogP contribution in [0.4, 0.5) is 0 Å². The number of methoxy groups -OCH3 is 1. The maximum Gasteiger partial charge on any atom is 0.240 e. The van der Waals surface area contributed by atoms with E-state index >= 15 is 0 Å². The lowest BCUT2D eigenvalue weighted by molar-refractivity contribution is -0.140. The summed E-state index contributed by atoms with van der Waals surface area (Å²) in [6.45, 7) is 0.617. The SMILES string of the molecule is COc1ccc2[nH]cc(CCN(C(=O)C(c3ccccc3)c3ccccc3)[C@@H](CCCN=C(N)N)C(N)=O)c2c1. The van der Waals surface area contributed by atoms with Crippen molar-refractivity contribution in [1.29, 1.82) is 0 Å². The molecule has 0 fully saturated rings. The van der Waals surface area contributed by atoms with E-state index in [9.17, 15) is 9.59 Å². The summed E-state index contributed by atoms with van der Waals surface area (Å²) >= 11 is 0. The van der Waals surface area contributed by atoms with Crippen LogP contribution in [0.3, 0.4) is 0 Å². The summed E-state index contributed by atoms with van der Waals surface area (Å²) in [6.07, 6.45) is 3.25. The first-order valence-corrected chi connectivity index (χ1v) is 13.3. The van der Waals surface area contributed by atoms with Crippen LogP contribution >= 0.6 is 0 Å². The highest BCUT2D eigenvalue weighted by atomic mass is 16.5. The van der Waals surface area contributed by atoms with Crippen LogP contribution in [0.2, 0.25) is 0 Å². The van der Waals surface area contributed by atoms with E-state index in [1.807, 2.05) is 85.1 Å². The van der Waals surface area contributed by atoms with Crippen molar-refractivity contribution in [2.75, 3.05) is 20.2 Å². The normalized spacial score (nSPS) is 11.8. The number of H-pyrrole nitrogens is 1. The number of hydrogen-bond acceptors (Lipinski definition) is 4. The predicted molar refractivity (Wildman–Crippen MR) is 158 cm³/mol. The highest BCUT2D eigenvalue weighted by molar-refractivity contribution is 5.92. The molecule has 0 saturated heterocycles. The van der Waals surface area contributed by atoms with E-state index in [1.165, 1.54) is 0 Å². The fourth-order valence-electron chi connectivity index (χ4n) is 5.03. The molecular weight excluding hydrogens is 504 g/mol. The van der Waals surface area contributed by atoms with Gasteiger partial charge in [-0.1, -0.05) is 60.7 Å². The minimum absolute atomic E-state index is 0.0217. The second-order valence-corrected chi connectivity index (χ2v) is 9.63. The first-order valence-electron chi connectivity index (χ1n) is 13.3. The van der Waals surface area contributed by atoms with Crippen molar-refractivity contribution in [3.05, 3.63) is 102 Å². The molecule has 0 unspecified atom stereocenters. The van der Waals surface area contributed by atoms with Gasteiger partial charge < -0.3 is 31.8 Å². The molecule has 4 rings (SSSR count). The van der Waals surface area contributed by atoms with Gasteiger partial charge in [0.1, 0.15) is 11.8 Å². The Morgan fingerprint density at radius 2 is 1.60 bits per heavy atom. The van der Waals surface area contributed by atoms with Crippen molar-refractivity contribution < 1.29 is 14.3 Å². The van der Waals surface area contributed by atoms with Gasteiger partial charge in [-0.05, 0) is 54.2 Å². The van der Waals surface area contributed by atoms with Gasteiger partial charge in [0.15, 0.2) is 5.96 Å². The first kappa shape index (κ1) is 28.2. The van der Waals surface area contributed by atoms with E-state index in [0.29, 0.717) is 25.8 Å². The number of carbonyl (C=O) groups is 2. The molecule has 40 heavy (non-hydrogen) atoms. The van der Waals surface area contributed by atoms with Crippen molar-refractivity contribution in [2.24, 2.45) is 22.2 Å². The van der Waals surface area contributed by atoms with Crippen LogP contribution in [0.25, 0.3) is 10.9 Å². The van der Waals surface area contributed by atoms with E-state index in [0.717, 1.165) is 33.3 Å². The number of benzene rings is 3. The van der Waals surface area contributed by atoms with Gasteiger partial charge in [0.05, 0.1) is 13.0 Å². The quantitative estimate of drug-likeness (QED) is 0.116. The van der Waals surface area contributed by atoms with Gasteiger partial charge in [-0.3, -0.25) is 14.6 Å². The molecule has 7 N–H and O–H groups in total. The minimum Gasteiger partial charge on any atom is -0.497 e. The number of fused-ring (bicyclic) bond motifs is 1. The lowest BCUT2D eigenvalue weighted by Crippen LogP contribution is -2.50. The summed E-state index contributed by atoms with van der Waals surface area (Å²) in [4.78, 5) is 36.3. The molecule has 0 aliphatic carbocycles. The smallest absolute Gasteiger partial charge is 0.240 e. The number of hydrogen-bond donors (Lipinski definition) is 4. The Bertz CT molecular complexity index is 1410. The van der Waals surface area contributed by atoms with Gasteiger partial charge in [-0.15, -0.1) is 0 Å². The number of guanidine groups is 1. The van der Waals surface area contributed by atoms with Gasteiger partial charge >= 0.3 is 0 Å². The van der Waals surface area contributed by atoms with E-state index in [1.54, 1.807) is 12.0 Å². The first-order chi connectivity index (χ1) is 19.4. The largest absolute Gasteiger partial charge is 0.497 e. The summed E-state index contributed by atoms with van der Waals surface area (Å²) < 4.78 is 5.41. The van der Waals surface area contributed by atoms with Crippen molar-refractivity contribution in [3.63, 3.8) is 0 Å². The maximum atomic E-state index is 14.5. The van der Waals surface area contributed by atoms with Crippen molar-refractivity contribution in [3.8, 4) is 5.75 Å². The number of primary amides is 1. The summed E-state index contributed by atoms with van der Waals surface area (Å²) in [6, 6.07) is 24.1. The Labute approximate surface area is 234 Å². The zero-order valence-electron chi connectivity index (χ0n) is 22.6. The highest BCUT2D eigenvalue weighted by Gasteiger charge is 2.34. The zero-order chi connectivity index (χ0) is 28.5. The van der Waals surface area contributed by atoms with Gasteiger partial charge in [-0.2, -0.15) is 0 Å². The van der Waals surface area contributed by atoms with Crippen LogP contribution in [0.15, 0.2) is 90.1 Å². The number of nitrogens with zero attached hydrogens (tertiary/aromatic N) is 2. The molecule has 9 heteroatoms. The van der Waals surface area contributed by atoms with Crippen molar-refractivity contribution in [2.45, 2.75) is 31.2 Å². The van der Waals surface area contributed by atoms with Crippen LogP contribution in [0.5, 0.6) is 5.75 Å². The minimum atomic E-state index is -0.837. The zero-order valence-corrected chi connectivity index (χ0v) is 22.6. The highest BCUT2D eigenvalue weighted by Crippen LogP contribution is 2.29. The molecule has 0 spiro atoms. The van der Waals surface area contributed by atoms with E-state index in [2.05, 4.69) is 9.98 Å². The fourth-order valence-corrected chi connectivity index (χ4v) is 5.03. The third kappa shape index (κ3) is 6.79. The Hall–Kier alpha value is -4.79. The van der Waals surface area contributed by atoms with Gasteiger partial charge in [0.2, 0.25) is 11.8 Å². The number of aliphatic imine (C=N–C) groups is 1. The summed E-state index contributed by atoms with van der Waals surface area (Å²) in [7, 11) is 1.63. The summed E-state index contributed by atoms with van der Waals surface area (Å²) in [5.41, 5.74) is 20.5. The summed E-state index contributed by atoms with van der Waals surface area (Å²) in [5.74, 6) is -0.653. The number of carbonyl (C=O) groups excluding carboxylic acids is 2. The molecule has 2 amide bonds. The molecular formula is C31H36N6O3. The molecule has 208 valence electrons. The van der Waals surface area contributed by atoms with Crippen LogP contribution in [-0.4, -0.2) is 53.9 Å².